The number of unbranched alkanes of at least 4 members (excludes halogenated alkanes) is 2. The van der Waals surface area contributed by atoms with E-state index in [1.165, 1.54) is 12.1 Å². The molecule has 23 heteroatoms. The van der Waals surface area contributed by atoms with Crippen molar-refractivity contribution in [3.05, 3.63) is 12.1 Å². The van der Waals surface area contributed by atoms with Gasteiger partial charge in [0, 0.05) is 82.4 Å². The zero-order valence-electron chi connectivity index (χ0n) is 30.2. The summed E-state index contributed by atoms with van der Waals surface area (Å²) >= 11 is 0. The van der Waals surface area contributed by atoms with Crippen molar-refractivity contribution in [2.24, 2.45) is 5.92 Å². The maximum atomic E-state index is 13.0. The van der Waals surface area contributed by atoms with Crippen LogP contribution in [0.2, 0.25) is 0 Å². The van der Waals surface area contributed by atoms with Gasteiger partial charge in [-0.1, -0.05) is 6.42 Å². The third kappa shape index (κ3) is 11.4. The average Bonchev–Trinajstić information content (AvgIpc) is 3.48. The molecule has 5 N–H and O–H groups in total. The van der Waals surface area contributed by atoms with E-state index in [0.29, 0.717) is 62.4 Å². The van der Waals surface area contributed by atoms with Crippen LogP contribution in [0, 0.1) is 5.92 Å². The maximum Gasteiger partial charge on any atom is 0.471 e. The Morgan fingerprint density at radius 3 is 1.48 bits per heavy atom. The maximum absolute atomic E-state index is 13.0. The van der Waals surface area contributed by atoms with Gasteiger partial charge in [0.1, 0.15) is 0 Å². The lowest BCUT2D eigenvalue weighted by molar-refractivity contribution is -0.174. The van der Waals surface area contributed by atoms with Crippen molar-refractivity contribution in [2.75, 3.05) is 60.5 Å². The molecule has 56 heavy (non-hydrogen) atoms. The van der Waals surface area contributed by atoms with E-state index in [0.717, 1.165) is 0 Å². The van der Waals surface area contributed by atoms with Crippen LogP contribution in [0.5, 0.6) is 11.8 Å². The first kappa shape index (κ1) is 41.9. The Bertz CT molecular complexity index is 1600. The van der Waals surface area contributed by atoms with Crippen molar-refractivity contribution in [3.8, 4) is 11.8 Å². The molecule has 0 unspecified atom stereocenters. The molecule has 3 amide bonds. The monoisotopic (exact) mass is 806 g/mol. The molecule has 3 aliphatic rings. The summed E-state index contributed by atoms with van der Waals surface area (Å²) in [5.41, 5.74) is 0. The van der Waals surface area contributed by atoms with E-state index >= 15 is 0 Å². The lowest BCUT2D eigenvalue weighted by Gasteiger charge is -2.36. The van der Waals surface area contributed by atoms with Crippen molar-refractivity contribution in [3.63, 3.8) is 0 Å². The largest absolute Gasteiger partial charge is 0.492 e. The van der Waals surface area contributed by atoms with Gasteiger partial charge < -0.3 is 45.7 Å². The minimum atomic E-state index is -5.00. The van der Waals surface area contributed by atoms with E-state index in [-0.39, 0.29) is 82.0 Å². The van der Waals surface area contributed by atoms with E-state index in [1.54, 1.807) is 9.80 Å². The molecule has 2 aromatic rings. The first-order valence-electron chi connectivity index (χ1n) is 18.3. The summed E-state index contributed by atoms with van der Waals surface area (Å²) in [4.78, 5) is 72.1. The number of anilines is 3. The Morgan fingerprint density at radius 2 is 1.07 bits per heavy atom. The summed E-state index contributed by atoms with van der Waals surface area (Å²) in [5, 5.41) is 26.1. The van der Waals surface area contributed by atoms with Gasteiger partial charge in [-0.15, -0.1) is 4.73 Å². The van der Waals surface area contributed by atoms with Gasteiger partial charge in [0.15, 0.2) is 0 Å². The van der Waals surface area contributed by atoms with Crippen LogP contribution in [0.1, 0.15) is 64.2 Å². The molecule has 17 nitrogen and oxygen atoms in total. The molecular formula is C33H44F6N10O7. The summed E-state index contributed by atoms with van der Waals surface area (Å²) in [7, 11) is 0. The standard InChI is InChI=1S/C33H44F6N10O7/c34-32(35,36)27(54)41-21-9-16-47(17-10-21)30-43-29(44-31(45-30)48-18-11-22(12-19-48)42-28(55)33(37,38)39)46-14-7-20(8-15-46)26(53)40-13-3-1-2-4-25(52)56-49-23(50)5-6-24(49)51/h5-6,20-22,50-51H,1-4,7-19H2,(H,40,53)(H,41,54)(H,42,55). The summed E-state index contributed by atoms with van der Waals surface area (Å²) < 4.78 is 77.4. The third-order valence-corrected chi connectivity index (χ3v) is 9.84. The van der Waals surface area contributed by atoms with Crippen LogP contribution in [0.15, 0.2) is 12.1 Å². The molecule has 0 spiro atoms. The van der Waals surface area contributed by atoms with Gasteiger partial charge in [-0.3, -0.25) is 14.4 Å². The quantitative estimate of drug-likeness (QED) is 0.145. The smallest absolute Gasteiger partial charge is 0.471 e. The number of amides is 3. The molecule has 3 saturated heterocycles. The lowest BCUT2D eigenvalue weighted by atomic mass is 9.96. The Labute approximate surface area is 316 Å². The fraction of sp³-hybridized carbons (Fsp3) is 0.667. The summed E-state index contributed by atoms with van der Waals surface area (Å²) in [6.45, 7) is 2.12. The molecule has 5 heterocycles. The highest BCUT2D eigenvalue weighted by atomic mass is 19.4. The summed E-state index contributed by atoms with van der Waals surface area (Å²) in [5.74, 6) is -5.13. The van der Waals surface area contributed by atoms with E-state index in [9.17, 15) is 55.7 Å². The minimum absolute atomic E-state index is 0.0425. The Kier molecular flexibility index (Phi) is 13.6. The van der Waals surface area contributed by atoms with E-state index in [2.05, 4.69) is 20.3 Å². The second-order valence-electron chi connectivity index (χ2n) is 13.9. The van der Waals surface area contributed by atoms with Gasteiger partial charge >= 0.3 is 30.1 Å². The predicted octanol–water partition coefficient (Wildman–Crippen LogP) is 1.93. The van der Waals surface area contributed by atoms with Gasteiger partial charge in [0.05, 0.1) is 0 Å². The van der Waals surface area contributed by atoms with E-state index in [1.807, 2.05) is 15.5 Å². The number of halogens is 6. The Morgan fingerprint density at radius 1 is 0.661 bits per heavy atom. The molecule has 310 valence electrons. The molecule has 0 radical (unpaired) electrons. The van der Waals surface area contributed by atoms with Crippen LogP contribution in [-0.2, 0) is 19.2 Å². The number of carbonyl (C=O) groups is 4. The van der Waals surface area contributed by atoms with Gasteiger partial charge in [0.25, 0.3) is 0 Å². The van der Waals surface area contributed by atoms with E-state index in [4.69, 9.17) is 4.84 Å². The Hall–Kier alpha value is -5.25. The highest BCUT2D eigenvalue weighted by Crippen LogP contribution is 2.28. The molecule has 3 fully saturated rings. The predicted molar refractivity (Wildman–Crippen MR) is 184 cm³/mol. The fourth-order valence-electron chi connectivity index (χ4n) is 6.66. The zero-order valence-corrected chi connectivity index (χ0v) is 30.2. The number of aromatic hydroxyl groups is 2. The SMILES string of the molecule is O=C(CCCCCNC(=O)C1CCN(c2nc(N3CCC(NC(=O)C(F)(F)F)CC3)nc(N3CCC(NC(=O)C(F)(F)F)CC3)n2)CC1)On1c(O)ccc1O. The van der Waals surface area contributed by atoms with Crippen molar-refractivity contribution in [1.82, 2.24) is 35.6 Å². The number of nitrogens with zero attached hydrogens (tertiary/aromatic N) is 7. The van der Waals surface area contributed by atoms with Crippen LogP contribution < -0.4 is 35.5 Å². The first-order chi connectivity index (χ1) is 26.5. The topological polar surface area (TPSA) is 207 Å². The molecule has 0 aliphatic carbocycles. The summed E-state index contributed by atoms with van der Waals surface area (Å²) in [6.07, 6.45) is -6.56. The van der Waals surface area contributed by atoms with Gasteiger partial charge in [0.2, 0.25) is 35.5 Å². The van der Waals surface area contributed by atoms with Gasteiger partial charge in [-0.05, 0) is 51.4 Å². The average molecular weight is 807 g/mol. The number of alkyl halides is 6. The fourth-order valence-corrected chi connectivity index (χ4v) is 6.66. The molecule has 0 atom stereocenters. The van der Waals surface area contributed by atoms with Crippen LogP contribution in [-0.4, -0.2) is 124 Å². The number of nitrogens with one attached hydrogen (secondary N) is 3. The number of aromatic nitrogens is 4. The molecule has 0 aromatic carbocycles. The number of piperidine rings is 3. The highest BCUT2D eigenvalue weighted by Gasteiger charge is 2.41. The Balaban J connectivity index is 1.13. The number of carbonyl (C=O) groups excluding carboxylic acids is 4. The second kappa shape index (κ2) is 18.1. The van der Waals surface area contributed by atoms with Crippen LogP contribution in [0.25, 0.3) is 0 Å². The highest BCUT2D eigenvalue weighted by molar-refractivity contribution is 5.82. The molecule has 0 bridgehead atoms. The van der Waals surface area contributed by atoms with Crippen LogP contribution >= 0.6 is 0 Å². The first-order valence-corrected chi connectivity index (χ1v) is 18.3. The van der Waals surface area contributed by atoms with Crippen LogP contribution in [0.3, 0.4) is 0 Å². The summed E-state index contributed by atoms with van der Waals surface area (Å²) in [6, 6.07) is 0.940. The van der Waals surface area contributed by atoms with Crippen LogP contribution in [0.4, 0.5) is 44.2 Å². The third-order valence-electron chi connectivity index (χ3n) is 9.84. The molecule has 0 saturated carbocycles. The molecule has 2 aromatic heterocycles. The molecule has 5 rings (SSSR count). The van der Waals surface area contributed by atoms with E-state index < -0.39 is 54.0 Å². The molecular weight excluding hydrogens is 762 g/mol. The number of hydrogen-bond acceptors (Lipinski definition) is 13. The zero-order chi connectivity index (χ0) is 40.6. The van der Waals surface area contributed by atoms with Gasteiger partial charge in [-0.2, -0.15) is 41.3 Å². The number of rotatable bonds is 13. The minimum Gasteiger partial charge on any atom is -0.492 e. The lowest BCUT2D eigenvalue weighted by Crippen LogP contribution is -2.49. The van der Waals surface area contributed by atoms with Gasteiger partial charge in [-0.25, -0.2) is 4.79 Å². The second-order valence-corrected chi connectivity index (χ2v) is 13.9. The van der Waals surface area contributed by atoms with Crippen molar-refractivity contribution in [1.29, 1.82) is 0 Å². The van der Waals surface area contributed by atoms with Crippen molar-refractivity contribution < 1.29 is 60.6 Å². The molecule has 3 aliphatic heterocycles. The normalized spacial score (nSPS) is 17.8. The van der Waals surface area contributed by atoms with Crippen molar-refractivity contribution >= 4 is 41.5 Å². The van der Waals surface area contributed by atoms with Crippen molar-refractivity contribution in [2.45, 2.75) is 88.6 Å². The number of hydrogen-bond donors (Lipinski definition) is 5.